The van der Waals surface area contributed by atoms with Crippen molar-refractivity contribution in [2.24, 2.45) is 0 Å². The molecule has 2 aromatic rings. The maximum absolute atomic E-state index is 14.3. The summed E-state index contributed by atoms with van der Waals surface area (Å²) in [6.45, 7) is 1.47. The third kappa shape index (κ3) is 4.57. The molecule has 6 nitrogen and oxygen atoms in total. The summed E-state index contributed by atoms with van der Waals surface area (Å²) in [6, 6.07) is 13.1. The number of aliphatic hydroxyl groups is 1. The van der Waals surface area contributed by atoms with Crippen LogP contribution in [0.5, 0.6) is 5.75 Å². The fourth-order valence-corrected chi connectivity index (χ4v) is 5.69. The highest BCUT2D eigenvalue weighted by Gasteiger charge is 2.48. The zero-order valence-electron chi connectivity index (χ0n) is 19.1. The van der Waals surface area contributed by atoms with Crippen LogP contribution in [0.3, 0.4) is 0 Å². The van der Waals surface area contributed by atoms with E-state index in [0.717, 1.165) is 57.2 Å². The minimum Gasteiger partial charge on any atom is -0.494 e. The third-order valence-corrected chi connectivity index (χ3v) is 7.83. The molecular weight excluding hydrogens is 421 g/mol. The second-order valence-electron chi connectivity index (χ2n) is 9.97. The highest BCUT2D eigenvalue weighted by atomic mass is 19.1. The summed E-state index contributed by atoms with van der Waals surface area (Å²) in [7, 11) is 1.45. The van der Waals surface area contributed by atoms with E-state index in [1.165, 1.54) is 24.3 Å². The van der Waals surface area contributed by atoms with Gasteiger partial charge in [-0.05, 0) is 67.3 Å². The maximum atomic E-state index is 14.3. The largest absolute Gasteiger partial charge is 0.494 e. The summed E-state index contributed by atoms with van der Waals surface area (Å²) in [5.41, 5.74) is 2.53. The second kappa shape index (κ2) is 8.61. The molecule has 3 fully saturated rings. The first-order valence-corrected chi connectivity index (χ1v) is 11.8. The molecule has 2 amide bonds. The summed E-state index contributed by atoms with van der Waals surface area (Å²) in [4.78, 5) is 15.4. The van der Waals surface area contributed by atoms with Gasteiger partial charge in [-0.1, -0.05) is 30.3 Å². The second-order valence-corrected chi connectivity index (χ2v) is 9.97. The zero-order chi connectivity index (χ0) is 23.1. The summed E-state index contributed by atoms with van der Waals surface area (Å²) < 4.78 is 19.4. The third-order valence-electron chi connectivity index (χ3n) is 7.83. The number of hydrogen-bond acceptors (Lipinski definition) is 4. The summed E-state index contributed by atoms with van der Waals surface area (Å²) in [5.74, 6) is -0.193. The predicted octanol–water partition coefficient (Wildman–Crippen LogP) is 3.86. The molecule has 4 aliphatic rings. The van der Waals surface area contributed by atoms with Crippen LogP contribution in [-0.4, -0.2) is 40.5 Å². The number of amides is 2. The van der Waals surface area contributed by atoms with Crippen LogP contribution in [0.15, 0.2) is 42.5 Å². The van der Waals surface area contributed by atoms with E-state index in [9.17, 15) is 14.3 Å². The molecule has 1 heterocycles. The van der Waals surface area contributed by atoms with Crippen molar-refractivity contribution < 1.29 is 19.0 Å². The highest BCUT2D eigenvalue weighted by molar-refractivity contribution is 5.75. The van der Waals surface area contributed by atoms with Crippen molar-refractivity contribution in [3.05, 3.63) is 65.0 Å². The van der Waals surface area contributed by atoms with Gasteiger partial charge in [0.05, 0.1) is 18.9 Å². The SMILES string of the molecule is COc1ccc(CC(NC(=O)NC23CCC(O)(CC2)CC3)N2Cc3ccccc3C2)cc1F. The molecule has 1 aliphatic heterocycles. The first-order valence-electron chi connectivity index (χ1n) is 11.8. The molecule has 0 radical (unpaired) electrons. The molecule has 3 aliphatic carbocycles. The Hall–Kier alpha value is -2.64. The number of fused-ring (bicyclic) bond motifs is 4. The van der Waals surface area contributed by atoms with Gasteiger partial charge < -0.3 is 20.5 Å². The van der Waals surface area contributed by atoms with E-state index in [-0.39, 0.29) is 23.5 Å². The Morgan fingerprint density at radius 2 is 1.73 bits per heavy atom. The number of carbonyl (C=O) groups excluding carboxylic acids is 1. The van der Waals surface area contributed by atoms with Gasteiger partial charge in [-0.25, -0.2) is 9.18 Å². The van der Waals surface area contributed by atoms with Crippen molar-refractivity contribution in [3.63, 3.8) is 0 Å². The smallest absolute Gasteiger partial charge is 0.316 e. The van der Waals surface area contributed by atoms with Gasteiger partial charge in [0.15, 0.2) is 11.6 Å². The summed E-state index contributed by atoms with van der Waals surface area (Å²) in [5, 5.41) is 16.9. The Morgan fingerprint density at radius 3 is 2.30 bits per heavy atom. The van der Waals surface area contributed by atoms with Gasteiger partial charge in [0.1, 0.15) is 0 Å². The first-order chi connectivity index (χ1) is 15.9. The van der Waals surface area contributed by atoms with Gasteiger partial charge in [-0.3, -0.25) is 4.90 Å². The van der Waals surface area contributed by atoms with Crippen molar-refractivity contribution in [2.75, 3.05) is 7.11 Å². The number of rotatable bonds is 6. The zero-order valence-corrected chi connectivity index (χ0v) is 19.1. The molecule has 1 atom stereocenters. The number of urea groups is 1. The molecule has 7 heteroatoms. The monoisotopic (exact) mass is 453 g/mol. The normalized spacial score (nSPS) is 27.1. The van der Waals surface area contributed by atoms with E-state index in [1.54, 1.807) is 6.07 Å². The van der Waals surface area contributed by atoms with E-state index in [4.69, 9.17) is 4.74 Å². The fourth-order valence-electron chi connectivity index (χ4n) is 5.69. The Morgan fingerprint density at radius 1 is 1.09 bits per heavy atom. The molecule has 1 unspecified atom stereocenters. The number of nitrogens with zero attached hydrogens (tertiary/aromatic N) is 1. The molecular formula is C26H32FN3O3. The van der Waals surface area contributed by atoms with Gasteiger partial charge in [-0.2, -0.15) is 0 Å². The van der Waals surface area contributed by atoms with Crippen LogP contribution in [-0.2, 0) is 19.5 Å². The van der Waals surface area contributed by atoms with Gasteiger partial charge >= 0.3 is 6.03 Å². The summed E-state index contributed by atoms with van der Waals surface area (Å²) >= 11 is 0. The molecule has 0 aromatic heterocycles. The number of carbonyl (C=O) groups is 1. The van der Waals surface area contributed by atoms with Crippen molar-refractivity contribution in [1.29, 1.82) is 0 Å². The van der Waals surface area contributed by atoms with Crippen LogP contribution in [0.25, 0.3) is 0 Å². The molecule has 0 spiro atoms. The first kappa shape index (κ1) is 22.2. The molecule has 6 rings (SSSR count). The van der Waals surface area contributed by atoms with E-state index in [2.05, 4.69) is 27.7 Å². The number of halogens is 1. The number of nitrogens with one attached hydrogen (secondary N) is 2. The molecule has 176 valence electrons. The number of benzene rings is 2. The Bertz CT molecular complexity index is 994. The molecule has 3 saturated carbocycles. The Balaban J connectivity index is 1.31. The minimum absolute atomic E-state index is 0.197. The van der Waals surface area contributed by atoms with E-state index >= 15 is 0 Å². The number of methoxy groups -OCH3 is 1. The molecule has 33 heavy (non-hydrogen) atoms. The maximum Gasteiger partial charge on any atom is 0.316 e. The minimum atomic E-state index is -0.539. The predicted molar refractivity (Wildman–Crippen MR) is 123 cm³/mol. The number of hydrogen-bond donors (Lipinski definition) is 3. The van der Waals surface area contributed by atoms with Crippen LogP contribution in [0, 0.1) is 5.82 Å². The lowest BCUT2D eigenvalue weighted by Crippen LogP contribution is -2.62. The lowest BCUT2D eigenvalue weighted by Gasteiger charge is -2.51. The lowest BCUT2D eigenvalue weighted by molar-refractivity contribution is -0.0695. The van der Waals surface area contributed by atoms with Crippen LogP contribution >= 0.6 is 0 Å². The van der Waals surface area contributed by atoms with Gasteiger partial charge in [-0.15, -0.1) is 0 Å². The van der Waals surface area contributed by atoms with Gasteiger partial charge in [0.2, 0.25) is 0 Å². The van der Waals surface area contributed by atoms with Crippen LogP contribution in [0.4, 0.5) is 9.18 Å². The van der Waals surface area contributed by atoms with E-state index in [0.29, 0.717) is 6.42 Å². The van der Waals surface area contributed by atoms with Crippen LogP contribution in [0.2, 0.25) is 0 Å². The number of ether oxygens (including phenoxy) is 1. The average molecular weight is 454 g/mol. The van der Waals surface area contributed by atoms with Crippen molar-refractivity contribution in [3.8, 4) is 5.75 Å². The summed E-state index contributed by atoms with van der Waals surface area (Å²) in [6.07, 6.45) is 4.83. The fraction of sp³-hybridized carbons (Fsp3) is 0.500. The topological polar surface area (TPSA) is 73.8 Å². The van der Waals surface area contributed by atoms with E-state index in [1.807, 2.05) is 18.2 Å². The molecule has 2 aromatic carbocycles. The average Bonchev–Trinajstić information content (AvgIpc) is 3.24. The van der Waals surface area contributed by atoms with E-state index < -0.39 is 11.4 Å². The van der Waals surface area contributed by atoms with Gasteiger partial charge in [0.25, 0.3) is 0 Å². The molecule has 2 bridgehead atoms. The highest BCUT2D eigenvalue weighted by Crippen LogP contribution is 2.46. The van der Waals surface area contributed by atoms with Gasteiger partial charge in [0, 0.05) is 25.0 Å². The lowest BCUT2D eigenvalue weighted by atomic mass is 9.63. The quantitative estimate of drug-likeness (QED) is 0.621. The van der Waals surface area contributed by atoms with Crippen LogP contribution < -0.4 is 15.4 Å². The molecule has 0 saturated heterocycles. The Kier molecular flexibility index (Phi) is 5.79. The van der Waals surface area contributed by atoms with Crippen molar-refractivity contribution in [2.45, 2.75) is 75.3 Å². The Labute approximate surface area is 194 Å². The van der Waals surface area contributed by atoms with Crippen LogP contribution in [0.1, 0.15) is 55.2 Å². The standard InChI is InChI=1S/C26H32FN3O3/c1-33-22-7-6-18(14-21(22)27)15-23(30-16-19-4-2-3-5-20(19)17-30)28-24(31)29-25-8-11-26(32,12-9-25)13-10-25/h2-7,14,23,32H,8-13,15-17H2,1H3,(H2,28,29,31). The van der Waals surface area contributed by atoms with Crippen molar-refractivity contribution >= 4 is 6.03 Å². The molecule has 3 N–H and O–H groups in total. The van der Waals surface area contributed by atoms with Crippen molar-refractivity contribution in [1.82, 2.24) is 15.5 Å².